The molecular weight excluding hydrogens is 348 g/mol. The molecule has 2 aliphatic rings. The number of hydrogen-bond acceptors (Lipinski definition) is 4. The fraction of sp³-hybridized carbons (Fsp3) is 0.583. The smallest absolute Gasteiger partial charge is 0.167 e. The van der Waals surface area contributed by atoms with Crippen LogP contribution in [0.4, 0.5) is 0 Å². The highest BCUT2D eigenvalue weighted by atomic mass is 16.3. The van der Waals surface area contributed by atoms with Crippen LogP contribution in [0, 0.1) is 12.8 Å². The molecular formula is C24H34N2O2. The van der Waals surface area contributed by atoms with E-state index in [-0.39, 0.29) is 17.5 Å². The lowest BCUT2D eigenvalue weighted by molar-refractivity contribution is -0.115. The molecule has 1 aromatic carbocycles. The summed E-state index contributed by atoms with van der Waals surface area (Å²) in [6, 6.07) is 4.75. The molecule has 4 nitrogen and oxygen atoms in total. The topological polar surface area (TPSA) is 52.9 Å². The number of carbonyl (C=O) groups excluding carboxylic acids is 1. The molecule has 0 fully saturated rings. The zero-order valence-electron chi connectivity index (χ0n) is 18.0. The minimum atomic E-state index is 0.0937. The summed E-state index contributed by atoms with van der Waals surface area (Å²) in [5.41, 5.74) is 6.30. The van der Waals surface area contributed by atoms with Gasteiger partial charge in [0.25, 0.3) is 0 Å². The number of benzene rings is 1. The van der Waals surface area contributed by atoms with E-state index in [1.165, 1.54) is 22.4 Å². The quantitative estimate of drug-likeness (QED) is 0.733. The van der Waals surface area contributed by atoms with E-state index in [0.717, 1.165) is 37.8 Å². The maximum absolute atomic E-state index is 13.1. The molecule has 3 rings (SSSR count). The third-order valence-electron chi connectivity index (χ3n) is 6.15. The molecule has 1 N–H and O–H groups in total. The van der Waals surface area contributed by atoms with Crippen molar-refractivity contribution in [1.29, 1.82) is 0 Å². The number of nitrogens with zero attached hydrogens (tertiary/aromatic N) is 2. The molecule has 1 aromatic rings. The number of ketones is 1. The molecule has 0 saturated heterocycles. The lowest BCUT2D eigenvalue weighted by Crippen LogP contribution is -2.28. The van der Waals surface area contributed by atoms with Crippen LogP contribution in [0.5, 0.6) is 0 Å². The van der Waals surface area contributed by atoms with Crippen LogP contribution in [0.2, 0.25) is 0 Å². The summed E-state index contributed by atoms with van der Waals surface area (Å²) in [7, 11) is 0. The summed E-state index contributed by atoms with van der Waals surface area (Å²) < 4.78 is 0. The number of carbonyl (C=O) groups is 1. The average Bonchev–Trinajstić information content (AvgIpc) is 2.97. The highest BCUT2D eigenvalue weighted by Crippen LogP contribution is 2.37. The predicted octanol–water partition coefficient (Wildman–Crippen LogP) is 5.23. The molecule has 0 bridgehead atoms. The molecule has 152 valence electrons. The normalized spacial score (nSPS) is 22.8. The van der Waals surface area contributed by atoms with Gasteiger partial charge in [-0.1, -0.05) is 31.5 Å². The van der Waals surface area contributed by atoms with Crippen LogP contribution in [0.25, 0.3) is 5.57 Å². The first-order valence-corrected chi connectivity index (χ1v) is 10.7. The van der Waals surface area contributed by atoms with E-state index in [0.29, 0.717) is 24.5 Å². The van der Waals surface area contributed by atoms with Crippen LogP contribution in [-0.4, -0.2) is 34.2 Å². The van der Waals surface area contributed by atoms with E-state index in [9.17, 15) is 9.90 Å². The largest absolute Gasteiger partial charge is 0.512 e. The van der Waals surface area contributed by atoms with E-state index < -0.39 is 0 Å². The van der Waals surface area contributed by atoms with Crippen molar-refractivity contribution in [2.45, 2.75) is 79.2 Å². The standard InChI is InChI=1S/C24H34N2O2/c1-6-19-10-15(3)11-20(7-2)23(19)24-21(27)13-18(14-22(24)28)8-9-26-17(5)12-16(4)25-26/h10-11,17-18,27H,6-9,12-14H2,1-5H3. The minimum Gasteiger partial charge on any atom is -0.512 e. The third-order valence-corrected chi connectivity index (χ3v) is 6.15. The number of allylic oxidation sites excluding steroid dienone is 2. The van der Waals surface area contributed by atoms with Gasteiger partial charge in [0.1, 0.15) is 5.76 Å². The van der Waals surface area contributed by atoms with Gasteiger partial charge in [-0.25, -0.2) is 0 Å². The Morgan fingerprint density at radius 1 is 1.11 bits per heavy atom. The Hall–Kier alpha value is -2.10. The second-order valence-corrected chi connectivity index (χ2v) is 8.52. The van der Waals surface area contributed by atoms with Crippen molar-refractivity contribution in [3.8, 4) is 0 Å². The second-order valence-electron chi connectivity index (χ2n) is 8.52. The predicted molar refractivity (Wildman–Crippen MR) is 116 cm³/mol. The first-order chi connectivity index (χ1) is 13.3. The number of aliphatic hydroxyl groups is 1. The van der Waals surface area contributed by atoms with Gasteiger partial charge in [-0.05, 0) is 62.6 Å². The average molecular weight is 383 g/mol. The van der Waals surface area contributed by atoms with Gasteiger partial charge < -0.3 is 5.11 Å². The number of hydrazone groups is 1. The number of aryl methyl sites for hydroxylation is 3. The van der Waals surface area contributed by atoms with Gasteiger partial charge in [0, 0.05) is 37.6 Å². The van der Waals surface area contributed by atoms with Crippen molar-refractivity contribution in [3.63, 3.8) is 0 Å². The zero-order valence-corrected chi connectivity index (χ0v) is 18.0. The van der Waals surface area contributed by atoms with Gasteiger partial charge >= 0.3 is 0 Å². The van der Waals surface area contributed by atoms with Crippen molar-refractivity contribution in [2.75, 3.05) is 6.54 Å². The van der Waals surface area contributed by atoms with Gasteiger partial charge in [0.15, 0.2) is 5.78 Å². The molecule has 0 saturated carbocycles. The Balaban J connectivity index is 1.82. The summed E-state index contributed by atoms with van der Waals surface area (Å²) in [6.07, 6.45) is 4.74. The first kappa shape index (κ1) is 20.6. The molecule has 28 heavy (non-hydrogen) atoms. The van der Waals surface area contributed by atoms with Gasteiger partial charge in [-0.15, -0.1) is 0 Å². The summed E-state index contributed by atoms with van der Waals surface area (Å²) in [5, 5.41) is 17.6. The molecule has 0 radical (unpaired) electrons. The highest BCUT2D eigenvalue weighted by molar-refractivity contribution is 6.22. The summed E-state index contributed by atoms with van der Waals surface area (Å²) in [6.45, 7) is 11.4. The SMILES string of the molecule is CCc1cc(C)cc(CC)c1C1=C(O)CC(CCN2N=C(C)CC2C)CC1=O. The van der Waals surface area contributed by atoms with Crippen molar-refractivity contribution in [1.82, 2.24) is 5.01 Å². The number of hydrogen-bond donors (Lipinski definition) is 1. The van der Waals surface area contributed by atoms with Crippen molar-refractivity contribution in [2.24, 2.45) is 11.0 Å². The Kier molecular flexibility index (Phi) is 6.26. The van der Waals surface area contributed by atoms with E-state index in [2.05, 4.69) is 56.9 Å². The Labute approximate surface area is 169 Å². The van der Waals surface area contributed by atoms with Gasteiger partial charge in [-0.2, -0.15) is 5.10 Å². The zero-order chi connectivity index (χ0) is 20.4. The Bertz CT molecular complexity index is 797. The van der Waals surface area contributed by atoms with Crippen molar-refractivity contribution < 1.29 is 9.90 Å². The van der Waals surface area contributed by atoms with E-state index in [4.69, 9.17) is 0 Å². The third kappa shape index (κ3) is 4.16. The monoisotopic (exact) mass is 382 g/mol. The minimum absolute atomic E-state index is 0.0937. The molecule has 1 aliphatic carbocycles. The lowest BCUT2D eigenvalue weighted by atomic mass is 9.79. The fourth-order valence-corrected chi connectivity index (χ4v) is 4.76. The number of rotatable bonds is 6. The van der Waals surface area contributed by atoms with Crippen LogP contribution in [-0.2, 0) is 17.6 Å². The Morgan fingerprint density at radius 3 is 2.25 bits per heavy atom. The summed E-state index contributed by atoms with van der Waals surface area (Å²) >= 11 is 0. The maximum Gasteiger partial charge on any atom is 0.167 e. The molecule has 0 spiro atoms. The molecule has 1 aliphatic heterocycles. The lowest BCUT2D eigenvalue weighted by Gasteiger charge is -2.28. The van der Waals surface area contributed by atoms with Gasteiger partial charge in [0.2, 0.25) is 0 Å². The molecule has 2 unspecified atom stereocenters. The highest BCUT2D eigenvalue weighted by Gasteiger charge is 2.31. The van der Waals surface area contributed by atoms with Crippen LogP contribution in [0.3, 0.4) is 0 Å². The number of aliphatic hydroxyl groups excluding tert-OH is 1. The molecule has 4 heteroatoms. The fourth-order valence-electron chi connectivity index (χ4n) is 4.76. The van der Waals surface area contributed by atoms with Crippen molar-refractivity contribution in [3.05, 3.63) is 40.1 Å². The van der Waals surface area contributed by atoms with Crippen molar-refractivity contribution >= 4 is 17.1 Å². The Morgan fingerprint density at radius 2 is 1.75 bits per heavy atom. The number of Topliss-reactive ketones (excluding diaryl/α,β-unsaturated/α-hetero) is 1. The van der Waals surface area contributed by atoms with Crippen LogP contribution in [0.15, 0.2) is 23.0 Å². The van der Waals surface area contributed by atoms with E-state index in [1.54, 1.807) is 0 Å². The van der Waals surface area contributed by atoms with Crippen LogP contribution >= 0.6 is 0 Å². The van der Waals surface area contributed by atoms with Crippen LogP contribution in [0.1, 0.15) is 75.6 Å². The molecule has 0 amide bonds. The molecule has 0 aromatic heterocycles. The summed E-state index contributed by atoms with van der Waals surface area (Å²) in [5.74, 6) is 0.569. The van der Waals surface area contributed by atoms with Crippen LogP contribution < -0.4 is 0 Å². The van der Waals surface area contributed by atoms with E-state index >= 15 is 0 Å². The van der Waals surface area contributed by atoms with Gasteiger partial charge in [-0.3, -0.25) is 9.80 Å². The molecule has 1 heterocycles. The first-order valence-electron chi connectivity index (χ1n) is 10.7. The second kappa shape index (κ2) is 8.50. The van der Waals surface area contributed by atoms with E-state index in [1.807, 2.05) is 0 Å². The van der Waals surface area contributed by atoms with Gasteiger partial charge in [0.05, 0.1) is 5.57 Å². The maximum atomic E-state index is 13.1. The summed E-state index contributed by atoms with van der Waals surface area (Å²) in [4.78, 5) is 13.1. The molecule has 2 atom stereocenters.